The molecule has 0 unspecified atom stereocenters. The normalized spacial score (nSPS) is 16.7. The number of hydrogen-bond acceptors (Lipinski definition) is 6. The third-order valence-electron chi connectivity index (χ3n) is 4.92. The van der Waals surface area contributed by atoms with Gasteiger partial charge in [-0.25, -0.2) is 9.67 Å². The molecule has 3 heterocycles. The summed E-state index contributed by atoms with van der Waals surface area (Å²) in [6, 6.07) is 7.19. The summed E-state index contributed by atoms with van der Waals surface area (Å²) in [4.78, 5) is 31.2. The van der Waals surface area contributed by atoms with E-state index in [0.29, 0.717) is 30.9 Å². The van der Waals surface area contributed by atoms with E-state index < -0.39 is 6.04 Å². The number of piperidine rings is 1. The lowest BCUT2D eigenvalue weighted by atomic mass is 9.92. The molecule has 0 bridgehead atoms. The first-order valence-electron chi connectivity index (χ1n) is 8.67. The zero-order valence-electron chi connectivity index (χ0n) is 14.4. The first kappa shape index (κ1) is 16.8. The van der Waals surface area contributed by atoms with Crippen LogP contribution in [-0.2, 0) is 4.79 Å². The fraction of sp³-hybridized carbons (Fsp3) is 0.389. The van der Waals surface area contributed by atoms with E-state index in [-0.39, 0.29) is 17.6 Å². The maximum Gasteiger partial charge on any atom is 0.247 e. The molecule has 4 rings (SSSR count). The van der Waals surface area contributed by atoms with Crippen LogP contribution in [0.15, 0.2) is 35.8 Å². The molecule has 1 amide bonds. The number of nitrogens with zero attached hydrogens (tertiary/aromatic N) is 5. The summed E-state index contributed by atoms with van der Waals surface area (Å²) in [7, 11) is 0. The van der Waals surface area contributed by atoms with E-state index in [9.17, 15) is 9.59 Å². The van der Waals surface area contributed by atoms with Crippen molar-refractivity contribution in [2.75, 3.05) is 13.1 Å². The number of rotatable bonds is 4. The molecule has 0 N–H and O–H groups in total. The number of amides is 1. The smallest absolute Gasteiger partial charge is 0.247 e. The second-order valence-corrected chi connectivity index (χ2v) is 7.39. The van der Waals surface area contributed by atoms with Gasteiger partial charge < -0.3 is 4.90 Å². The number of hydrogen-bond donors (Lipinski definition) is 0. The average Bonchev–Trinajstić information content (AvgIpc) is 3.36. The molecule has 2 aromatic heterocycles. The zero-order chi connectivity index (χ0) is 18.1. The van der Waals surface area contributed by atoms with Crippen molar-refractivity contribution in [3.05, 3.63) is 40.8 Å². The van der Waals surface area contributed by atoms with Crippen LogP contribution < -0.4 is 0 Å². The Morgan fingerprint density at radius 1 is 1.23 bits per heavy atom. The molecule has 26 heavy (non-hydrogen) atoms. The van der Waals surface area contributed by atoms with Crippen LogP contribution in [0.5, 0.6) is 0 Å². The number of Topliss-reactive ketones (excluding diaryl/α,β-unsaturated/α-hetero) is 1. The van der Waals surface area contributed by atoms with Gasteiger partial charge in [0.15, 0.2) is 10.8 Å². The van der Waals surface area contributed by atoms with E-state index in [1.165, 1.54) is 11.3 Å². The minimum atomic E-state index is -0.423. The van der Waals surface area contributed by atoms with Gasteiger partial charge in [0.1, 0.15) is 11.6 Å². The summed E-state index contributed by atoms with van der Waals surface area (Å²) in [5.74, 6) is 0.0657. The van der Waals surface area contributed by atoms with E-state index in [1.807, 2.05) is 41.5 Å². The molecule has 0 aliphatic carbocycles. The second-order valence-electron chi connectivity index (χ2n) is 6.50. The summed E-state index contributed by atoms with van der Waals surface area (Å²) in [5.41, 5.74) is 1.63. The highest BCUT2D eigenvalue weighted by Gasteiger charge is 2.31. The molecule has 1 aromatic carbocycles. The maximum absolute atomic E-state index is 12.9. The molecule has 1 saturated heterocycles. The number of carbonyl (C=O) groups is 2. The molecule has 3 aromatic rings. The van der Waals surface area contributed by atoms with E-state index in [0.717, 1.165) is 11.0 Å². The number of benzene rings is 1. The van der Waals surface area contributed by atoms with Crippen LogP contribution in [0.2, 0.25) is 0 Å². The Morgan fingerprint density at radius 3 is 2.73 bits per heavy atom. The van der Waals surface area contributed by atoms with Gasteiger partial charge in [-0.1, -0.05) is 17.3 Å². The number of para-hydroxylation sites is 1. The van der Waals surface area contributed by atoms with Gasteiger partial charge >= 0.3 is 0 Å². The summed E-state index contributed by atoms with van der Waals surface area (Å²) in [5, 5.41) is 10.7. The van der Waals surface area contributed by atoms with Gasteiger partial charge in [-0.05, 0) is 31.9 Å². The van der Waals surface area contributed by atoms with E-state index in [1.54, 1.807) is 10.9 Å². The predicted molar refractivity (Wildman–Crippen MR) is 98.0 cm³/mol. The third-order valence-corrected chi connectivity index (χ3v) is 5.71. The Hall–Kier alpha value is -2.61. The molecule has 1 aliphatic rings. The number of aromatic nitrogens is 4. The van der Waals surface area contributed by atoms with Gasteiger partial charge in [-0.3, -0.25) is 9.59 Å². The van der Waals surface area contributed by atoms with E-state index in [4.69, 9.17) is 0 Å². The summed E-state index contributed by atoms with van der Waals surface area (Å²) < 4.78 is 1.67. The second kappa shape index (κ2) is 6.95. The van der Waals surface area contributed by atoms with Gasteiger partial charge in [0.2, 0.25) is 5.91 Å². The van der Waals surface area contributed by atoms with Gasteiger partial charge in [-0.2, -0.15) is 0 Å². The van der Waals surface area contributed by atoms with Crippen molar-refractivity contribution in [2.45, 2.75) is 25.8 Å². The van der Waals surface area contributed by atoms with Gasteiger partial charge in [-0.15, -0.1) is 16.4 Å². The number of carbonyl (C=O) groups excluding carboxylic acids is 2. The van der Waals surface area contributed by atoms with Crippen molar-refractivity contribution in [3.8, 4) is 0 Å². The summed E-state index contributed by atoms with van der Waals surface area (Å²) >= 11 is 1.38. The molecular weight excluding hydrogens is 350 g/mol. The van der Waals surface area contributed by atoms with E-state index >= 15 is 0 Å². The first-order valence-corrected chi connectivity index (χ1v) is 9.55. The lowest BCUT2D eigenvalue weighted by molar-refractivity contribution is -0.135. The number of likely N-dealkylation sites (tertiary alicyclic amines) is 1. The highest BCUT2D eigenvalue weighted by Crippen LogP contribution is 2.25. The Morgan fingerprint density at radius 2 is 2.00 bits per heavy atom. The third kappa shape index (κ3) is 3.01. The average molecular weight is 369 g/mol. The van der Waals surface area contributed by atoms with Crippen LogP contribution in [0.1, 0.15) is 35.6 Å². The van der Waals surface area contributed by atoms with Gasteiger partial charge in [0.05, 0.1) is 5.52 Å². The summed E-state index contributed by atoms with van der Waals surface area (Å²) in [6.07, 6.45) is 3.00. The molecule has 7 nitrogen and oxygen atoms in total. The standard InChI is InChI=1S/C18H19N5O2S/c1-12(23-15-5-3-2-4-14(15)20-21-23)18(25)22-9-6-13(7-10-22)16(24)17-19-8-11-26-17/h2-5,8,11-13H,6-7,9-10H2,1H3/t12-/m1/s1. The number of thiazole rings is 1. The molecule has 1 aliphatic heterocycles. The minimum Gasteiger partial charge on any atom is -0.341 e. The topological polar surface area (TPSA) is 81.0 Å². The lowest BCUT2D eigenvalue weighted by Crippen LogP contribution is -2.43. The molecule has 0 radical (unpaired) electrons. The molecule has 0 saturated carbocycles. The Balaban J connectivity index is 1.42. The summed E-state index contributed by atoms with van der Waals surface area (Å²) in [6.45, 7) is 3.01. The van der Waals surface area contributed by atoms with Crippen molar-refractivity contribution in [1.82, 2.24) is 24.9 Å². The monoisotopic (exact) mass is 369 g/mol. The molecule has 1 atom stereocenters. The van der Waals surface area contributed by atoms with Crippen molar-refractivity contribution in [2.24, 2.45) is 5.92 Å². The van der Waals surface area contributed by atoms with Gasteiger partial charge in [0, 0.05) is 30.6 Å². The SMILES string of the molecule is C[C@H](C(=O)N1CCC(C(=O)c2nccs2)CC1)n1nnc2ccccc21. The Kier molecular flexibility index (Phi) is 4.50. The fourth-order valence-electron chi connectivity index (χ4n) is 3.42. The first-order chi connectivity index (χ1) is 12.6. The predicted octanol–water partition coefficient (Wildman–Crippen LogP) is 2.57. The van der Waals surface area contributed by atoms with Crippen LogP contribution in [-0.4, -0.2) is 49.7 Å². The number of fused-ring (bicyclic) bond motifs is 1. The fourth-order valence-corrected chi connectivity index (χ4v) is 4.08. The molecule has 134 valence electrons. The Bertz CT molecular complexity index is 928. The molecular formula is C18H19N5O2S. The van der Waals surface area contributed by atoms with Gasteiger partial charge in [0.25, 0.3) is 0 Å². The highest BCUT2D eigenvalue weighted by atomic mass is 32.1. The minimum absolute atomic E-state index is 0.0146. The molecule has 1 fully saturated rings. The van der Waals surface area contributed by atoms with Crippen LogP contribution in [0, 0.1) is 5.92 Å². The van der Waals surface area contributed by atoms with Crippen LogP contribution in [0.4, 0.5) is 0 Å². The number of ketones is 1. The van der Waals surface area contributed by atoms with Crippen molar-refractivity contribution in [3.63, 3.8) is 0 Å². The quantitative estimate of drug-likeness (QED) is 0.660. The van der Waals surface area contributed by atoms with Crippen molar-refractivity contribution in [1.29, 1.82) is 0 Å². The Labute approximate surface area is 154 Å². The zero-order valence-corrected chi connectivity index (χ0v) is 15.2. The largest absolute Gasteiger partial charge is 0.341 e. The lowest BCUT2D eigenvalue weighted by Gasteiger charge is -2.32. The van der Waals surface area contributed by atoms with Crippen LogP contribution in [0.3, 0.4) is 0 Å². The van der Waals surface area contributed by atoms with E-state index in [2.05, 4.69) is 15.3 Å². The maximum atomic E-state index is 12.9. The molecule has 8 heteroatoms. The van der Waals surface area contributed by atoms with Crippen LogP contribution >= 0.6 is 11.3 Å². The molecule has 0 spiro atoms. The van der Waals surface area contributed by atoms with Crippen molar-refractivity contribution < 1.29 is 9.59 Å². The highest BCUT2D eigenvalue weighted by molar-refractivity contribution is 7.11. The van der Waals surface area contributed by atoms with Crippen molar-refractivity contribution >= 4 is 34.1 Å². The van der Waals surface area contributed by atoms with Crippen LogP contribution in [0.25, 0.3) is 11.0 Å².